The number of nitrogens with one attached hydrogen (secondary N) is 1. The number of rotatable bonds is 4. The largest absolute Gasteiger partial charge is 0.316 e. The van der Waals surface area contributed by atoms with Gasteiger partial charge in [0.1, 0.15) is 0 Å². The summed E-state index contributed by atoms with van der Waals surface area (Å²) in [5.41, 5.74) is 0. The Bertz CT molecular complexity index is 132. The monoisotopic (exact) mass is 137 g/mol. The zero-order valence-corrected chi connectivity index (χ0v) is 6.67. The summed E-state index contributed by atoms with van der Waals surface area (Å²) in [6.07, 6.45) is 12.1. The Balaban J connectivity index is 3.32. The van der Waals surface area contributed by atoms with E-state index in [0.29, 0.717) is 0 Å². The summed E-state index contributed by atoms with van der Waals surface area (Å²) in [6.45, 7) is 2.93. The zero-order valence-electron chi connectivity index (χ0n) is 6.67. The van der Waals surface area contributed by atoms with E-state index in [2.05, 4.69) is 11.4 Å². The van der Waals surface area contributed by atoms with Crippen molar-refractivity contribution < 1.29 is 0 Å². The molecule has 0 unspecified atom stereocenters. The van der Waals surface area contributed by atoms with Crippen molar-refractivity contribution in [1.82, 2.24) is 5.32 Å². The maximum atomic E-state index is 3.02. The molecule has 56 valence electrons. The molecule has 1 N–H and O–H groups in total. The van der Waals surface area contributed by atoms with Crippen LogP contribution in [0.25, 0.3) is 0 Å². The Labute approximate surface area is 63.1 Å². The molecule has 0 saturated carbocycles. The molecule has 0 aliphatic rings. The van der Waals surface area contributed by atoms with E-state index in [1.54, 1.807) is 0 Å². The third-order valence-corrected chi connectivity index (χ3v) is 0.984. The molecule has 0 spiro atoms. The van der Waals surface area contributed by atoms with Crippen molar-refractivity contribution in [2.75, 3.05) is 13.6 Å². The van der Waals surface area contributed by atoms with E-state index in [0.717, 1.165) is 6.54 Å². The van der Waals surface area contributed by atoms with Gasteiger partial charge in [-0.3, -0.25) is 0 Å². The van der Waals surface area contributed by atoms with Crippen LogP contribution in [0.1, 0.15) is 6.92 Å². The minimum absolute atomic E-state index is 0.931. The van der Waals surface area contributed by atoms with Gasteiger partial charge in [-0.05, 0) is 14.0 Å². The fraction of sp³-hybridized carbons (Fsp3) is 0.333. The van der Waals surface area contributed by atoms with Gasteiger partial charge >= 0.3 is 0 Å². The first-order chi connectivity index (χ1) is 4.91. The van der Waals surface area contributed by atoms with Crippen LogP contribution in [0, 0.1) is 0 Å². The van der Waals surface area contributed by atoms with E-state index in [4.69, 9.17) is 0 Å². The van der Waals surface area contributed by atoms with Crippen LogP contribution < -0.4 is 5.32 Å². The lowest BCUT2D eigenvalue weighted by atomic mass is 10.4. The van der Waals surface area contributed by atoms with Crippen LogP contribution in [0.4, 0.5) is 0 Å². The molecule has 0 aromatic rings. The molecule has 0 bridgehead atoms. The smallest absolute Gasteiger partial charge is 0.0134 e. The molecular formula is C9H15N. The molecule has 0 aromatic carbocycles. The van der Waals surface area contributed by atoms with Gasteiger partial charge in [-0.25, -0.2) is 0 Å². The Morgan fingerprint density at radius 1 is 1.10 bits per heavy atom. The number of hydrogen-bond donors (Lipinski definition) is 1. The van der Waals surface area contributed by atoms with Crippen LogP contribution in [0.2, 0.25) is 0 Å². The molecule has 0 aliphatic carbocycles. The van der Waals surface area contributed by atoms with Crippen molar-refractivity contribution in [1.29, 1.82) is 0 Å². The molecule has 0 saturated heterocycles. The number of allylic oxidation sites excluding steroid dienone is 5. The van der Waals surface area contributed by atoms with Crippen LogP contribution in [0.3, 0.4) is 0 Å². The molecule has 1 heteroatoms. The first-order valence-electron chi connectivity index (χ1n) is 3.51. The molecule has 0 heterocycles. The first kappa shape index (κ1) is 9.18. The lowest BCUT2D eigenvalue weighted by molar-refractivity contribution is 0.920. The SMILES string of the molecule is C\C=C/C=C\C=C\CNC. The third-order valence-electron chi connectivity index (χ3n) is 0.984. The van der Waals surface area contributed by atoms with Gasteiger partial charge in [-0.2, -0.15) is 0 Å². The highest BCUT2D eigenvalue weighted by Gasteiger charge is 1.65. The minimum atomic E-state index is 0.931. The molecular weight excluding hydrogens is 122 g/mol. The normalized spacial score (nSPS) is 12.6. The van der Waals surface area contributed by atoms with Gasteiger partial charge in [0.15, 0.2) is 0 Å². The molecule has 0 atom stereocenters. The Morgan fingerprint density at radius 2 is 1.80 bits per heavy atom. The van der Waals surface area contributed by atoms with Crippen LogP contribution in [-0.4, -0.2) is 13.6 Å². The molecule has 0 rings (SSSR count). The van der Waals surface area contributed by atoms with Crippen LogP contribution in [-0.2, 0) is 0 Å². The van der Waals surface area contributed by atoms with E-state index in [9.17, 15) is 0 Å². The van der Waals surface area contributed by atoms with Gasteiger partial charge in [0.05, 0.1) is 0 Å². The van der Waals surface area contributed by atoms with E-state index in [-0.39, 0.29) is 0 Å². The quantitative estimate of drug-likeness (QED) is 0.583. The number of likely N-dealkylation sites (N-methyl/N-ethyl adjacent to an activating group) is 1. The standard InChI is InChI=1S/C9H15N/c1-3-4-5-6-7-8-9-10-2/h3-8,10H,9H2,1-2H3/b4-3-,6-5-,8-7+. The van der Waals surface area contributed by atoms with Crippen molar-refractivity contribution in [3.05, 3.63) is 36.5 Å². The average Bonchev–Trinajstić information content (AvgIpc) is 1.97. The van der Waals surface area contributed by atoms with Gasteiger partial charge in [-0.1, -0.05) is 36.5 Å². The first-order valence-corrected chi connectivity index (χ1v) is 3.51. The fourth-order valence-electron chi connectivity index (χ4n) is 0.504. The van der Waals surface area contributed by atoms with Crippen LogP contribution in [0.5, 0.6) is 0 Å². The molecule has 0 aliphatic heterocycles. The van der Waals surface area contributed by atoms with Gasteiger partial charge < -0.3 is 5.32 Å². The zero-order chi connectivity index (χ0) is 7.66. The molecule has 0 fully saturated rings. The number of hydrogen-bond acceptors (Lipinski definition) is 1. The second-order valence-electron chi connectivity index (χ2n) is 1.90. The van der Waals surface area contributed by atoms with Gasteiger partial charge in [0.25, 0.3) is 0 Å². The second kappa shape index (κ2) is 8.18. The van der Waals surface area contributed by atoms with Crippen LogP contribution >= 0.6 is 0 Å². The molecule has 0 aromatic heterocycles. The van der Waals surface area contributed by atoms with E-state index >= 15 is 0 Å². The van der Waals surface area contributed by atoms with Gasteiger partial charge in [-0.15, -0.1) is 0 Å². The second-order valence-corrected chi connectivity index (χ2v) is 1.90. The maximum absolute atomic E-state index is 3.02. The summed E-state index contributed by atoms with van der Waals surface area (Å²) >= 11 is 0. The third kappa shape index (κ3) is 7.18. The Morgan fingerprint density at radius 3 is 2.40 bits per heavy atom. The summed E-state index contributed by atoms with van der Waals surface area (Å²) in [7, 11) is 1.93. The van der Waals surface area contributed by atoms with Gasteiger partial charge in [0, 0.05) is 6.54 Å². The summed E-state index contributed by atoms with van der Waals surface area (Å²) in [5.74, 6) is 0. The lowest BCUT2D eigenvalue weighted by Crippen LogP contribution is -2.03. The highest BCUT2D eigenvalue weighted by atomic mass is 14.8. The Hall–Kier alpha value is -0.820. The van der Waals surface area contributed by atoms with E-state index in [1.165, 1.54) is 0 Å². The summed E-state index contributed by atoms with van der Waals surface area (Å²) < 4.78 is 0. The van der Waals surface area contributed by atoms with Crippen molar-refractivity contribution in [2.45, 2.75) is 6.92 Å². The summed E-state index contributed by atoms with van der Waals surface area (Å²) in [4.78, 5) is 0. The lowest BCUT2D eigenvalue weighted by Gasteiger charge is -1.83. The maximum Gasteiger partial charge on any atom is 0.0134 e. The highest BCUT2D eigenvalue weighted by Crippen LogP contribution is 1.78. The van der Waals surface area contributed by atoms with Gasteiger partial charge in [0.2, 0.25) is 0 Å². The summed E-state index contributed by atoms with van der Waals surface area (Å²) in [6, 6.07) is 0. The Kier molecular flexibility index (Phi) is 7.51. The topological polar surface area (TPSA) is 12.0 Å². The average molecular weight is 137 g/mol. The fourth-order valence-corrected chi connectivity index (χ4v) is 0.504. The van der Waals surface area contributed by atoms with Crippen molar-refractivity contribution in [2.24, 2.45) is 0 Å². The predicted octanol–water partition coefficient (Wildman–Crippen LogP) is 1.89. The van der Waals surface area contributed by atoms with E-state index in [1.807, 2.05) is 44.4 Å². The predicted molar refractivity (Wildman–Crippen MR) is 47.0 cm³/mol. The highest BCUT2D eigenvalue weighted by molar-refractivity contribution is 5.10. The van der Waals surface area contributed by atoms with Crippen LogP contribution in [0.15, 0.2) is 36.5 Å². The molecule has 0 radical (unpaired) electrons. The molecule has 10 heavy (non-hydrogen) atoms. The minimum Gasteiger partial charge on any atom is -0.316 e. The van der Waals surface area contributed by atoms with E-state index < -0.39 is 0 Å². The summed E-state index contributed by atoms with van der Waals surface area (Å²) in [5, 5.41) is 3.02. The van der Waals surface area contributed by atoms with Crippen molar-refractivity contribution in [3.8, 4) is 0 Å². The molecule has 1 nitrogen and oxygen atoms in total. The van der Waals surface area contributed by atoms with Crippen molar-refractivity contribution >= 4 is 0 Å². The van der Waals surface area contributed by atoms with Crippen molar-refractivity contribution in [3.63, 3.8) is 0 Å². The molecule has 0 amide bonds.